The second kappa shape index (κ2) is 12.9. The zero-order valence-corrected chi connectivity index (χ0v) is 20.5. The van der Waals surface area contributed by atoms with E-state index in [2.05, 4.69) is 39.8 Å². The van der Waals surface area contributed by atoms with Crippen molar-refractivity contribution in [2.45, 2.75) is 58.7 Å². The Bertz CT molecular complexity index is 613. The monoisotopic (exact) mass is 547 g/mol. The first-order chi connectivity index (χ1) is 13.3. The van der Waals surface area contributed by atoms with Crippen LogP contribution in [0.25, 0.3) is 0 Å². The summed E-state index contributed by atoms with van der Waals surface area (Å²) in [4.78, 5) is 10.7. The van der Waals surface area contributed by atoms with Crippen LogP contribution in [0.4, 0.5) is 13.2 Å². The van der Waals surface area contributed by atoms with Gasteiger partial charge in [0.1, 0.15) is 0 Å². The first-order valence-corrected chi connectivity index (χ1v) is 10.9. The van der Waals surface area contributed by atoms with Gasteiger partial charge in [0.15, 0.2) is 5.96 Å². The number of nitrogens with one attached hydrogen (secondary N) is 2. The minimum Gasteiger partial charge on any atom is -0.357 e. The molecule has 0 aromatic carbocycles. The van der Waals surface area contributed by atoms with Crippen LogP contribution < -0.4 is 10.6 Å². The summed E-state index contributed by atoms with van der Waals surface area (Å²) < 4.78 is 37.4. The van der Waals surface area contributed by atoms with Gasteiger partial charge in [-0.05, 0) is 45.2 Å². The number of hydrogen-bond donors (Lipinski definition) is 2. The highest BCUT2D eigenvalue weighted by molar-refractivity contribution is 14.0. The topological polar surface area (TPSA) is 52.6 Å². The van der Waals surface area contributed by atoms with Gasteiger partial charge in [0.2, 0.25) is 0 Å². The lowest BCUT2D eigenvalue weighted by Crippen LogP contribution is -2.41. The van der Waals surface area contributed by atoms with Crippen LogP contribution >= 0.6 is 35.3 Å². The number of aliphatic imine (C=N–C) groups is 1. The molecule has 1 saturated heterocycles. The van der Waals surface area contributed by atoms with Gasteiger partial charge in [0, 0.05) is 24.4 Å². The number of rotatable bonds is 8. The molecule has 1 fully saturated rings. The average molecular weight is 547 g/mol. The van der Waals surface area contributed by atoms with E-state index in [9.17, 15) is 13.2 Å². The predicted molar refractivity (Wildman–Crippen MR) is 124 cm³/mol. The van der Waals surface area contributed by atoms with Crippen molar-refractivity contribution in [1.29, 1.82) is 0 Å². The molecular formula is C19H33F3IN5S. The van der Waals surface area contributed by atoms with Crippen molar-refractivity contribution in [2.75, 3.05) is 32.7 Å². The van der Waals surface area contributed by atoms with Crippen molar-refractivity contribution in [1.82, 2.24) is 20.5 Å². The van der Waals surface area contributed by atoms with Crippen LogP contribution in [-0.4, -0.2) is 54.7 Å². The lowest BCUT2D eigenvalue weighted by Gasteiger charge is -2.32. The van der Waals surface area contributed by atoms with E-state index in [0.717, 1.165) is 49.0 Å². The summed E-state index contributed by atoms with van der Waals surface area (Å²) in [7, 11) is 0. The van der Waals surface area contributed by atoms with Gasteiger partial charge >= 0.3 is 6.18 Å². The smallest absolute Gasteiger partial charge is 0.357 e. The summed E-state index contributed by atoms with van der Waals surface area (Å²) in [6.45, 7) is 8.63. The molecule has 0 unspecified atom stereocenters. The number of aromatic nitrogens is 1. The molecule has 1 aromatic heterocycles. The molecule has 2 N–H and O–H groups in total. The fourth-order valence-corrected chi connectivity index (χ4v) is 4.07. The van der Waals surface area contributed by atoms with Gasteiger partial charge in [-0.25, -0.2) is 9.98 Å². The fourth-order valence-electron chi connectivity index (χ4n) is 3.24. The predicted octanol–water partition coefficient (Wildman–Crippen LogP) is 4.60. The van der Waals surface area contributed by atoms with Gasteiger partial charge in [-0.2, -0.15) is 13.2 Å². The number of hydrogen-bond acceptors (Lipinski definition) is 4. The van der Waals surface area contributed by atoms with Crippen molar-refractivity contribution >= 4 is 41.3 Å². The molecule has 5 nitrogen and oxygen atoms in total. The molecule has 0 aliphatic carbocycles. The Morgan fingerprint density at radius 1 is 1.31 bits per heavy atom. The quantitative estimate of drug-likeness (QED) is 0.284. The number of thiazole rings is 1. The Morgan fingerprint density at radius 3 is 2.55 bits per heavy atom. The molecule has 29 heavy (non-hydrogen) atoms. The maximum absolute atomic E-state index is 12.5. The highest BCUT2D eigenvalue weighted by Gasteiger charge is 2.32. The summed E-state index contributed by atoms with van der Waals surface area (Å²) in [6.07, 6.45) is -1.51. The summed E-state index contributed by atoms with van der Waals surface area (Å²) >= 11 is 1.67. The number of nitrogens with zero attached hydrogens (tertiary/aromatic N) is 3. The fraction of sp³-hybridized carbons (Fsp3) is 0.789. The van der Waals surface area contributed by atoms with Crippen LogP contribution in [0.2, 0.25) is 0 Å². The molecule has 0 amide bonds. The standard InChI is InChI=1S/C19H32F3N5S.HI/c1-4-23-18(25-11-16-12-28-17(26-16)14(2)3)24-8-5-15-6-9-27(10-7-15)13-19(20,21)22;/h12,14-15H,4-11,13H2,1-3H3,(H2,23,24,25);1H. The molecular weight excluding hydrogens is 514 g/mol. The second-order valence-electron chi connectivity index (χ2n) is 7.58. The normalized spacial score (nSPS) is 16.7. The lowest BCUT2D eigenvalue weighted by molar-refractivity contribution is -0.148. The molecule has 1 aliphatic heterocycles. The molecule has 2 heterocycles. The molecule has 10 heteroatoms. The zero-order valence-electron chi connectivity index (χ0n) is 17.4. The van der Waals surface area contributed by atoms with Crippen LogP contribution in [0.5, 0.6) is 0 Å². The molecule has 1 aliphatic rings. The van der Waals surface area contributed by atoms with E-state index in [1.54, 1.807) is 11.3 Å². The molecule has 0 bridgehead atoms. The minimum absolute atomic E-state index is 0. The van der Waals surface area contributed by atoms with Crippen LogP contribution in [-0.2, 0) is 6.54 Å². The molecule has 0 radical (unpaired) electrons. The third-order valence-electron chi connectivity index (χ3n) is 4.76. The molecule has 0 spiro atoms. The SMILES string of the molecule is CCNC(=NCc1csc(C(C)C)n1)NCCC1CCN(CC(F)(F)F)CC1.I. The van der Waals surface area contributed by atoms with Crippen LogP contribution in [0.3, 0.4) is 0 Å². The van der Waals surface area contributed by atoms with Crippen LogP contribution in [0.1, 0.15) is 56.7 Å². The van der Waals surface area contributed by atoms with Crippen molar-refractivity contribution in [3.05, 3.63) is 16.1 Å². The number of guanidine groups is 1. The molecule has 0 atom stereocenters. The number of alkyl halides is 3. The van der Waals surface area contributed by atoms with Crippen molar-refractivity contribution < 1.29 is 13.2 Å². The highest BCUT2D eigenvalue weighted by atomic mass is 127. The van der Waals surface area contributed by atoms with Gasteiger partial charge in [-0.15, -0.1) is 35.3 Å². The first-order valence-electron chi connectivity index (χ1n) is 10.0. The molecule has 1 aromatic rings. The van der Waals surface area contributed by atoms with E-state index in [-0.39, 0.29) is 24.0 Å². The summed E-state index contributed by atoms with van der Waals surface area (Å²) in [5, 5.41) is 9.75. The number of halogens is 4. The van der Waals surface area contributed by atoms with Gasteiger partial charge < -0.3 is 10.6 Å². The zero-order chi connectivity index (χ0) is 20.6. The van der Waals surface area contributed by atoms with E-state index in [4.69, 9.17) is 0 Å². The third-order valence-corrected chi connectivity index (χ3v) is 5.96. The van der Waals surface area contributed by atoms with E-state index < -0.39 is 12.7 Å². The minimum atomic E-state index is -4.10. The number of piperidine rings is 1. The van der Waals surface area contributed by atoms with Crippen molar-refractivity contribution in [3.8, 4) is 0 Å². The summed E-state index contributed by atoms with van der Waals surface area (Å²) in [6, 6.07) is 0. The Morgan fingerprint density at radius 2 is 2.00 bits per heavy atom. The largest absolute Gasteiger partial charge is 0.401 e. The van der Waals surface area contributed by atoms with E-state index in [1.165, 1.54) is 4.90 Å². The third kappa shape index (κ3) is 10.3. The van der Waals surface area contributed by atoms with Gasteiger partial charge in [-0.1, -0.05) is 13.8 Å². The summed E-state index contributed by atoms with van der Waals surface area (Å²) in [5.41, 5.74) is 0.975. The van der Waals surface area contributed by atoms with Crippen LogP contribution in [0, 0.1) is 5.92 Å². The maximum Gasteiger partial charge on any atom is 0.401 e. The Labute approximate surface area is 193 Å². The first kappa shape index (κ1) is 26.4. The lowest BCUT2D eigenvalue weighted by atomic mass is 9.93. The molecule has 168 valence electrons. The van der Waals surface area contributed by atoms with Gasteiger partial charge in [0.05, 0.1) is 23.8 Å². The van der Waals surface area contributed by atoms with Gasteiger partial charge in [0.25, 0.3) is 0 Å². The number of likely N-dealkylation sites (tertiary alicyclic amines) is 1. The highest BCUT2D eigenvalue weighted by Crippen LogP contribution is 2.24. The van der Waals surface area contributed by atoms with Crippen LogP contribution in [0.15, 0.2) is 10.4 Å². The van der Waals surface area contributed by atoms with E-state index in [1.807, 2.05) is 6.92 Å². The second-order valence-corrected chi connectivity index (χ2v) is 8.47. The van der Waals surface area contributed by atoms with Gasteiger partial charge in [-0.3, -0.25) is 4.90 Å². The van der Waals surface area contributed by atoms with Crippen molar-refractivity contribution in [3.63, 3.8) is 0 Å². The van der Waals surface area contributed by atoms with E-state index in [0.29, 0.717) is 31.5 Å². The Hall–Kier alpha value is -0.620. The Balaban J connectivity index is 0.00000420. The molecule has 2 rings (SSSR count). The molecule has 0 saturated carbocycles. The average Bonchev–Trinajstić information content (AvgIpc) is 3.09. The summed E-state index contributed by atoms with van der Waals surface area (Å²) in [5.74, 6) is 1.65. The van der Waals surface area contributed by atoms with Crippen molar-refractivity contribution in [2.24, 2.45) is 10.9 Å². The Kier molecular flexibility index (Phi) is 11.8. The van der Waals surface area contributed by atoms with E-state index >= 15 is 0 Å². The maximum atomic E-state index is 12.5.